The molecule has 0 aliphatic rings. The summed E-state index contributed by atoms with van der Waals surface area (Å²) in [5, 5.41) is 4.35. The molecule has 0 N–H and O–H groups in total. The molecule has 7 heteroatoms. The van der Waals surface area contributed by atoms with Crippen LogP contribution in [-0.4, -0.2) is 39.4 Å². The van der Waals surface area contributed by atoms with Gasteiger partial charge in [-0.15, -0.1) is 11.8 Å². The molecule has 0 bridgehead atoms. The molecule has 0 amide bonds. The number of hydrogen-bond acceptors (Lipinski definition) is 6. The molecule has 0 radical (unpaired) electrons. The standard InChI is InChI=1S/C20H19N3O3S/c1-13-10-14(2)23(22-13)19-9-6-16(11-21-19)20(25)26-12-18(24)15-4-7-17(27-3)8-5-15/h4-11H,12H2,1-3H3. The van der Waals surface area contributed by atoms with Gasteiger partial charge in [0.25, 0.3) is 0 Å². The summed E-state index contributed by atoms with van der Waals surface area (Å²) >= 11 is 1.60. The first-order chi connectivity index (χ1) is 13.0. The maximum Gasteiger partial charge on any atom is 0.340 e. The summed E-state index contributed by atoms with van der Waals surface area (Å²) in [7, 11) is 0. The monoisotopic (exact) mass is 381 g/mol. The third kappa shape index (κ3) is 4.43. The Kier molecular flexibility index (Phi) is 5.71. The Labute approximate surface area is 161 Å². The summed E-state index contributed by atoms with van der Waals surface area (Å²) in [6.07, 6.45) is 3.39. The van der Waals surface area contributed by atoms with Crippen molar-refractivity contribution in [2.45, 2.75) is 18.7 Å². The lowest BCUT2D eigenvalue weighted by molar-refractivity contribution is 0.0474. The number of aryl methyl sites for hydroxylation is 2. The molecule has 6 nitrogen and oxygen atoms in total. The lowest BCUT2D eigenvalue weighted by atomic mass is 10.1. The highest BCUT2D eigenvalue weighted by Crippen LogP contribution is 2.15. The smallest absolute Gasteiger partial charge is 0.340 e. The number of ether oxygens (including phenoxy) is 1. The minimum absolute atomic E-state index is 0.247. The van der Waals surface area contributed by atoms with E-state index in [1.165, 1.54) is 6.20 Å². The minimum Gasteiger partial charge on any atom is -0.454 e. The highest BCUT2D eigenvalue weighted by molar-refractivity contribution is 7.98. The molecule has 3 aromatic rings. The number of aromatic nitrogens is 3. The molecule has 2 heterocycles. The molecule has 0 atom stereocenters. The quantitative estimate of drug-likeness (QED) is 0.369. The van der Waals surface area contributed by atoms with Crippen molar-refractivity contribution in [3.05, 3.63) is 71.2 Å². The number of esters is 1. The van der Waals surface area contributed by atoms with E-state index in [4.69, 9.17) is 4.74 Å². The molecule has 2 aromatic heterocycles. The average molecular weight is 381 g/mol. The number of carbonyl (C=O) groups is 2. The van der Waals surface area contributed by atoms with E-state index in [0.29, 0.717) is 11.4 Å². The Morgan fingerprint density at radius 2 is 1.78 bits per heavy atom. The van der Waals surface area contributed by atoms with E-state index in [2.05, 4.69) is 10.1 Å². The minimum atomic E-state index is -0.587. The third-order valence-corrected chi connectivity index (χ3v) is 4.70. The Morgan fingerprint density at radius 1 is 1.07 bits per heavy atom. The van der Waals surface area contributed by atoms with Gasteiger partial charge in [0, 0.05) is 22.3 Å². The van der Waals surface area contributed by atoms with Gasteiger partial charge in [-0.3, -0.25) is 4.79 Å². The maximum atomic E-state index is 12.2. The molecule has 0 fully saturated rings. The van der Waals surface area contributed by atoms with Crippen LogP contribution in [0, 0.1) is 13.8 Å². The van der Waals surface area contributed by atoms with E-state index in [9.17, 15) is 9.59 Å². The number of pyridine rings is 1. The molecule has 0 aliphatic carbocycles. The van der Waals surface area contributed by atoms with Crippen LogP contribution in [0.1, 0.15) is 32.1 Å². The van der Waals surface area contributed by atoms with E-state index in [0.717, 1.165) is 16.3 Å². The normalized spacial score (nSPS) is 10.6. The van der Waals surface area contributed by atoms with E-state index >= 15 is 0 Å². The van der Waals surface area contributed by atoms with Crippen molar-refractivity contribution in [1.82, 2.24) is 14.8 Å². The SMILES string of the molecule is CSc1ccc(C(=O)COC(=O)c2ccc(-n3nc(C)cc3C)nc2)cc1. The van der Waals surface area contributed by atoms with Crippen molar-refractivity contribution < 1.29 is 14.3 Å². The van der Waals surface area contributed by atoms with Crippen LogP contribution in [0.5, 0.6) is 0 Å². The second-order valence-corrected chi connectivity index (χ2v) is 6.85. The second kappa shape index (κ2) is 8.18. The number of hydrogen-bond donors (Lipinski definition) is 0. The number of thioether (sulfide) groups is 1. The molecule has 138 valence electrons. The zero-order valence-electron chi connectivity index (χ0n) is 15.3. The van der Waals surface area contributed by atoms with Crippen molar-refractivity contribution in [1.29, 1.82) is 0 Å². The summed E-state index contributed by atoms with van der Waals surface area (Å²) in [6.45, 7) is 3.53. The molecule has 27 heavy (non-hydrogen) atoms. The summed E-state index contributed by atoms with van der Waals surface area (Å²) in [4.78, 5) is 29.6. The summed E-state index contributed by atoms with van der Waals surface area (Å²) in [6, 6.07) is 12.4. The zero-order chi connectivity index (χ0) is 19.4. The fourth-order valence-electron chi connectivity index (χ4n) is 2.57. The molecule has 0 saturated heterocycles. The van der Waals surface area contributed by atoms with Crippen LogP contribution in [0.3, 0.4) is 0 Å². The maximum absolute atomic E-state index is 12.2. The van der Waals surface area contributed by atoms with Gasteiger partial charge in [-0.25, -0.2) is 14.5 Å². The van der Waals surface area contributed by atoms with Gasteiger partial charge >= 0.3 is 5.97 Å². The Morgan fingerprint density at radius 3 is 2.33 bits per heavy atom. The van der Waals surface area contributed by atoms with Gasteiger partial charge < -0.3 is 4.74 Å². The molecule has 3 rings (SSSR count). The van der Waals surface area contributed by atoms with Gasteiger partial charge in [0.15, 0.2) is 18.2 Å². The number of ketones is 1. The average Bonchev–Trinajstić information content (AvgIpc) is 3.04. The molecular weight excluding hydrogens is 362 g/mol. The number of rotatable bonds is 6. The first kappa shape index (κ1) is 18.8. The molecule has 1 aromatic carbocycles. The summed E-state index contributed by atoms with van der Waals surface area (Å²) in [5.41, 5.74) is 2.64. The van der Waals surface area contributed by atoms with E-state index < -0.39 is 5.97 Å². The highest BCUT2D eigenvalue weighted by Gasteiger charge is 2.13. The third-order valence-electron chi connectivity index (χ3n) is 3.96. The first-order valence-corrected chi connectivity index (χ1v) is 9.54. The van der Waals surface area contributed by atoms with Crippen LogP contribution in [0.15, 0.2) is 53.6 Å². The molecular formula is C20H19N3O3S. The van der Waals surface area contributed by atoms with E-state index in [-0.39, 0.29) is 18.0 Å². The van der Waals surface area contributed by atoms with Crippen molar-refractivity contribution in [3.63, 3.8) is 0 Å². The van der Waals surface area contributed by atoms with Gasteiger partial charge in [-0.2, -0.15) is 5.10 Å². The van der Waals surface area contributed by atoms with Crippen molar-refractivity contribution in [2.24, 2.45) is 0 Å². The zero-order valence-corrected chi connectivity index (χ0v) is 16.1. The van der Waals surface area contributed by atoms with Crippen LogP contribution >= 0.6 is 11.8 Å². The first-order valence-electron chi connectivity index (χ1n) is 8.32. The molecule has 0 saturated carbocycles. The summed E-state index contributed by atoms with van der Waals surface area (Å²) < 4.78 is 6.82. The fourth-order valence-corrected chi connectivity index (χ4v) is 2.98. The number of Topliss-reactive ketones (excluding diaryl/α,β-unsaturated/α-hetero) is 1. The van der Waals surface area contributed by atoms with Crippen LogP contribution in [0.2, 0.25) is 0 Å². The van der Waals surface area contributed by atoms with Crippen molar-refractivity contribution in [2.75, 3.05) is 12.9 Å². The largest absolute Gasteiger partial charge is 0.454 e. The van der Waals surface area contributed by atoms with Gasteiger partial charge in [-0.05, 0) is 50.4 Å². The number of nitrogens with zero attached hydrogens (tertiary/aromatic N) is 3. The van der Waals surface area contributed by atoms with Crippen LogP contribution in [-0.2, 0) is 4.74 Å². The van der Waals surface area contributed by atoms with E-state index in [1.807, 2.05) is 38.3 Å². The van der Waals surface area contributed by atoms with Crippen LogP contribution < -0.4 is 0 Å². The predicted molar refractivity (Wildman–Crippen MR) is 104 cm³/mol. The lowest BCUT2D eigenvalue weighted by Gasteiger charge is -2.06. The van der Waals surface area contributed by atoms with Crippen LogP contribution in [0.25, 0.3) is 5.82 Å². The molecule has 0 spiro atoms. The Balaban J connectivity index is 1.62. The van der Waals surface area contributed by atoms with Crippen molar-refractivity contribution >= 4 is 23.5 Å². The second-order valence-electron chi connectivity index (χ2n) is 5.97. The topological polar surface area (TPSA) is 74.1 Å². The highest BCUT2D eigenvalue weighted by atomic mass is 32.2. The molecule has 0 aliphatic heterocycles. The van der Waals surface area contributed by atoms with E-state index in [1.54, 1.807) is 40.7 Å². The lowest BCUT2D eigenvalue weighted by Crippen LogP contribution is -2.14. The van der Waals surface area contributed by atoms with Gasteiger partial charge in [0.2, 0.25) is 0 Å². The Hall–Kier alpha value is -2.93. The van der Waals surface area contributed by atoms with Crippen molar-refractivity contribution in [3.8, 4) is 5.82 Å². The predicted octanol–water partition coefficient (Wildman–Crippen LogP) is 3.65. The fraction of sp³-hybridized carbons (Fsp3) is 0.200. The van der Waals surface area contributed by atoms with Gasteiger partial charge in [0.05, 0.1) is 11.3 Å². The van der Waals surface area contributed by atoms with Crippen LogP contribution in [0.4, 0.5) is 0 Å². The Bertz CT molecular complexity index is 963. The summed E-state index contributed by atoms with van der Waals surface area (Å²) in [5.74, 6) is -0.221. The van der Waals surface area contributed by atoms with Gasteiger partial charge in [0.1, 0.15) is 0 Å². The van der Waals surface area contributed by atoms with Gasteiger partial charge in [-0.1, -0.05) is 12.1 Å². The number of carbonyl (C=O) groups excluding carboxylic acids is 2. The number of benzene rings is 1. The molecule has 0 unspecified atom stereocenters.